The normalized spacial score (nSPS) is 11.1. The predicted molar refractivity (Wildman–Crippen MR) is 142 cm³/mol. The monoisotopic (exact) mass is 544 g/mol. The van der Waals surface area contributed by atoms with Crippen molar-refractivity contribution >= 4 is 32.8 Å². The molecule has 5 rings (SSSR count). The number of hydrogen-bond donors (Lipinski definition) is 0. The largest absolute Gasteiger partial charge is 0.487 e. The molecule has 0 aliphatic heterocycles. The van der Waals surface area contributed by atoms with E-state index in [2.05, 4.69) is 42.9 Å². The Balaban J connectivity index is 1.42. The Morgan fingerprint density at radius 1 is 1.03 bits per heavy atom. The van der Waals surface area contributed by atoms with Gasteiger partial charge in [-0.1, -0.05) is 51.5 Å². The zero-order chi connectivity index (χ0) is 25.1. The van der Waals surface area contributed by atoms with Crippen LogP contribution in [0, 0.1) is 6.92 Å². The van der Waals surface area contributed by atoms with Crippen molar-refractivity contribution in [2.75, 3.05) is 6.61 Å². The van der Waals surface area contributed by atoms with Crippen LogP contribution >= 0.6 is 15.9 Å². The van der Waals surface area contributed by atoms with Gasteiger partial charge in [-0.2, -0.15) is 0 Å². The summed E-state index contributed by atoms with van der Waals surface area (Å²) in [4.78, 5) is 12.9. The van der Waals surface area contributed by atoms with E-state index < -0.39 is 0 Å². The first-order chi connectivity index (χ1) is 17.5. The van der Waals surface area contributed by atoms with E-state index in [9.17, 15) is 4.79 Å². The highest BCUT2D eigenvalue weighted by Crippen LogP contribution is 2.31. The lowest BCUT2D eigenvalue weighted by atomic mass is 10.1. The number of rotatable bonds is 8. The van der Waals surface area contributed by atoms with Crippen LogP contribution in [0.25, 0.3) is 16.6 Å². The van der Waals surface area contributed by atoms with Crippen LogP contribution in [0.15, 0.2) is 83.5 Å². The van der Waals surface area contributed by atoms with Crippen molar-refractivity contribution in [3.8, 4) is 11.4 Å². The molecule has 0 atom stereocenters. The quantitative estimate of drug-likeness (QED) is 0.221. The number of halogens is 1. The van der Waals surface area contributed by atoms with Crippen molar-refractivity contribution in [2.24, 2.45) is 0 Å². The summed E-state index contributed by atoms with van der Waals surface area (Å²) in [6, 6.07) is 23.8. The molecule has 36 heavy (non-hydrogen) atoms. The maximum atomic E-state index is 12.9. The van der Waals surface area contributed by atoms with E-state index in [1.165, 1.54) is 0 Å². The summed E-state index contributed by atoms with van der Waals surface area (Å²) in [6.07, 6.45) is 1.84. The maximum absolute atomic E-state index is 12.9. The topological polar surface area (TPSA) is 71.2 Å². The fourth-order valence-electron chi connectivity index (χ4n) is 4.22. The number of hydrogen-bond acceptors (Lipinski definition) is 5. The minimum atomic E-state index is -0.332. The molecule has 0 N–H and O–H groups in total. The van der Waals surface area contributed by atoms with Gasteiger partial charge in [-0.3, -0.25) is 0 Å². The molecule has 182 valence electrons. The van der Waals surface area contributed by atoms with Gasteiger partial charge in [-0.05, 0) is 61.9 Å². The SMILES string of the molecule is CCOC(=O)c1c(C)n(Cc2ccccc2)c2ccc(OCc3cn(-c4ccc(Br)cc4)nn3)cc12. The number of carbonyl (C=O) groups excluding carboxylic acids is 1. The summed E-state index contributed by atoms with van der Waals surface area (Å²) in [5.41, 5.74) is 5.14. The molecular weight excluding hydrogens is 520 g/mol. The first-order valence-corrected chi connectivity index (χ1v) is 12.5. The zero-order valence-electron chi connectivity index (χ0n) is 20.0. The average Bonchev–Trinajstić information content (AvgIpc) is 3.46. The van der Waals surface area contributed by atoms with Crippen LogP contribution < -0.4 is 4.74 Å². The fourth-order valence-corrected chi connectivity index (χ4v) is 4.49. The average molecular weight is 545 g/mol. The fraction of sp³-hybridized carbons (Fsp3) is 0.179. The Morgan fingerprint density at radius 3 is 2.56 bits per heavy atom. The van der Waals surface area contributed by atoms with E-state index in [-0.39, 0.29) is 12.6 Å². The van der Waals surface area contributed by atoms with Gasteiger partial charge in [0, 0.05) is 27.6 Å². The Labute approximate surface area is 217 Å². The van der Waals surface area contributed by atoms with E-state index in [0.29, 0.717) is 30.2 Å². The van der Waals surface area contributed by atoms with Crippen molar-refractivity contribution < 1.29 is 14.3 Å². The standard InChI is InChI=1S/C28H25BrN4O3/c1-3-35-28(34)27-19(2)32(16-20-7-5-4-6-8-20)26-14-13-24(15-25(26)27)36-18-22-17-33(31-30-22)23-11-9-21(29)10-12-23/h4-15,17H,3,16,18H2,1-2H3. The maximum Gasteiger partial charge on any atom is 0.340 e. The van der Waals surface area contributed by atoms with Crippen LogP contribution in [0.2, 0.25) is 0 Å². The third-order valence-electron chi connectivity index (χ3n) is 5.98. The molecule has 0 fully saturated rings. The van der Waals surface area contributed by atoms with Crippen LogP contribution in [0.4, 0.5) is 0 Å². The van der Waals surface area contributed by atoms with Crippen molar-refractivity contribution in [1.82, 2.24) is 19.6 Å². The first-order valence-electron chi connectivity index (χ1n) is 11.7. The van der Waals surface area contributed by atoms with Gasteiger partial charge in [-0.15, -0.1) is 5.10 Å². The van der Waals surface area contributed by atoms with E-state index in [1.54, 1.807) is 4.68 Å². The number of nitrogens with zero attached hydrogens (tertiary/aromatic N) is 4. The second-order valence-electron chi connectivity index (χ2n) is 8.35. The van der Waals surface area contributed by atoms with E-state index in [4.69, 9.17) is 9.47 Å². The zero-order valence-corrected chi connectivity index (χ0v) is 21.6. The highest BCUT2D eigenvalue weighted by Gasteiger charge is 2.22. The highest BCUT2D eigenvalue weighted by atomic mass is 79.9. The summed E-state index contributed by atoms with van der Waals surface area (Å²) >= 11 is 3.44. The molecule has 3 aromatic carbocycles. The van der Waals surface area contributed by atoms with E-state index in [1.807, 2.05) is 80.7 Å². The molecule has 5 aromatic rings. The number of fused-ring (bicyclic) bond motifs is 1. The number of aromatic nitrogens is 4. The molecule has 0 spiro atoms. The Kier molecular flexibility index (Phi) is 6.86. The second kappa shape index (κ2) is 10.4. The van der Waals surface area contributed by atoms with Gasteiger partial charge in [-0.25, -0.2) is 9.48 Å². The smallest absolute Gasteiger partial charge is 0.340 e. The number of benzene rings is 3. The molecule has 0 aliphatic carbocycles. The molecule has 0 amide bonds. The molecule has 0 saturated heterocycles. The Hall–Kier alpha value is -3.91. The molecule has 2 aromatic heterocycles. The Bertz CT molecular complexity index is 1510. The van der Waals surface area contributed by atoms with Gasteiger partial charge < -0.3 is 14.0 Å². The summed E-state index contributed by atoms with van der Waals surface area (Å²) in [6.45, 7) is 4.98. The van der Waals surface area contributed by atoms with Crippen molar-refractivity contribution in [3.05, 3.63) is 106 Å². The van der Waals surface area contributed by atoms with Crippen LogP contribution in [-0.2, 0) is 17.9 Å². The van der Waals surface area contributed by atoms with Gasteiger partial charge in [0.15, 0.2) is 0 Å². The van der Waals surface area contributed by atoms with Crippen LogP contribution in [0.3, 0.4) is 0 Å². The van der Waals surface area contributed by atoms with Gasteiger partial charge >= 0.3 is 5.97 Å². The highest BCUT2D eigenvalue weighted by molar-refractivity contribution is 9.10. The van der Waals surface area contributed by atoms with Crippen LogP contribution in [-0.4, -0.2) is 32.1 Å². The van der Waals surface area contributed by atoms with E-state index in [0.717, 1.165) is 32.3 Å². The van der Waals surface area contributed by atoms with Crippen molar-refractivity contribution in [1.29, 1.82) is 0 Å². The summed E-state index contributed by atoms with van der Waals surface area (Å²) < 4.78 is 16.3. The molecule has 7 nitrogen and oxygen atoms in total. The molecule has 2 heterocycles. The molecule has 0 bridgehead atoms. The summed E-state index contributed by atoms with van der Waals surface area (Å²) in [5, 5.41) is 9.23. The molecule has 0 radical (unpaired) electrons. The summed E-state index contributed by atoms with van der Waals surface area (Å²) in [7, 11) is 0. The predicted octanol–water partition coefficient (Wildman–Crippen LogP) is 6.10. The number of esters is 1. The third-order valence-corrected chi connectivity index (χ3v) is 6.51. The molecule has 0 aliphatic rings. The van der Waals surface area contributed by atoms with Crippen molar-refractivity contribution in [2.45, 2.75) is 27.0 Å². The van der Waals surface area contributed by atoms with Gasteiger partial charge in [0.05, 0.1) is 24.1 Å². The van der Waals surface area contributed by atoms with Crippen LogP contribution in [0.5, 0.6) is 5.75 Å². The summed E-state index contributed by atoms with van der Waals surface area (Å²) in [5.74, 6) is 0.310. The van der Waals surface area contributed by atoms with Gasteiger partial charge in [0.2, 0.25) is 0 Å². The lowest BCUT2D eigenvalue weighted by molar-refractivity contribution is 0.0527. The third kappa shape index (κ3) is 4.90. The molecular formula is C28H25BrN4O3. The van der Waals surface area contributed by atoms with Gasteiger partial charge in [0.25, 0.3) is 0 Å². The van der Waals surface area contributed by atoms with Gasteiger partial charge in [0.1, 0.15) is 18.1 Å². The lowest BCUT2D eigenvalue weighted by Crippen LogP contribution is -2.08. The second-order valence-corrected chi connectivity index (χ2v) is 9.27. The lowest BCUT2D eigenvalue weighted by Gasteiger charge is -2.09. The molecule has 0 unspecified atom stereocenters. The minimum absolute atomic E-state index is 0.250. The Morgan fingerprint density at radius 2 is 1.81 bits per heavy atom. The first kappa shape index (κ1) is 23.8. The molecule has 0 saturated carbocycles. The molecule has 8 heteroatoms. The van der Waals surface area contributed by atoms with Crippen molar-refractivity contribution in [3.63, 3.8) is 0 Å². The number of ether oxygens (including phenoxy) is 2. The number of carbonyl (C=O) groups is 1. The van der Waals surface area contributed by atoms with Crippen LogP contribution in [0.1, 0.15) is 34.2 Å². The minimum Gasteiger partial charge on any atom is -0.487 e. The van der Waals surface area contributed by atoms with E-state index >= 15 is 0 Å².